The number of H-pyrrole nitrogens is 1. The molecule has 4 aromatic heterocycles. The van der Waals surface area contributed by atoms with E-state index in [0.717, 1.165) is 75.1 Å². The monoisotopic (exact) mass is 613 g/mol. The number of piperidine rings is 1. The van der Waals surface area contributed by atoms with Gasteiger partial charge in [-0.2, -0.15) is 0 Å². The van der Waals surface area contributed by atoms with Gasteiger partial charge in [0.15, 0.2) is 5.82 Å². The molecular formula is C36H35N7O3. The van der Waals surface area contributed by atoms with E-state index >= 15 is 0 Å². The Hall–Kier alpha value is -4.96. The summed E-state index contributed by atoms with van der Waals surface area (Å²) in [5, 5.41) is 2.01. The largest absolute Gasteiger partial charge is 0.494 e. The van der Waals surface area contributed by atoms with Crippen LogP contribution in [-0.4, -0.2) is 60.6 Å². The number of hydrogen-bond acceptors (Lipinski definition) is 6. The topological polar surface area (TPSA) is 124 Å². The van der Waals surface area contributed by atoms with Crippen molar-refractivity contribution in [3.63, 3.8) is 0 Å². The van der Waals surface area contributed by atoms with Crippen LogP contribution in [0.5, 0.6) is 5.75 Å². The van der Waals surface area contributed by atoms with Crippen LogP contribution in [0.2, 0.25) is 0 Å². The Morgan fingerprint density at radius 1 is 1.00 bits per heavy atom. The molecule has 0 radical (unpaired) electrons. The van der Waals surface area contributed by atoms with Gasteiger partial charge in [-0.15, -0.1) is 0 Å². The summed E-state index contributed by atoms with van der Waals surface area (Å²) < 4.78 is 10.2. The van der Waals surface area contributed by atoms with Gasteiger partial charge in [0.25, 0.3) is 5.91 Å². The lowest BCUT2D eigenvalue weighted by molar-refractivity contribution is 0.0700. The summed E-state index contributed by atoms with van der Waals surface area (Å²) in [7, 11) is 3.64. The molecule has 3 atom stereocenters. The number of amides is 1. The number of ether oxygens (including phenoxy) is 1. The van der Waals surface area contributed by atoms with Crippen molar-refractivity contribution in [2.75, 3.05) is 13.7 Å². The van der Waals surface area contributed by atoms with E-state index in [2.05, 4.69) is 26.3 Å². The molecule has 1 amide bonds. The highest BCUT2D eigenvalue weighted by atomic mass is 16.5. The van der Waals surface area contributed by atoms with Gasteiger partial charge in [-0.1, -0.05) is 12.1 Å². The molecule has 1 saturated heterocycles. The molecule has 2 saturated carbocycles. The molecule has 3 unspecified atom stereocenters. The van der Waals surface area contributed by atoms with Crippen molar-refractivity contribution >= 4 is 38.9 Å². The van der Waals surface area contributed by atoms with Gasteiger partial charge in [-0.05, 0) is 85.4 Å². The van der Waals surface area contributed by atoms with E-state index in [-0.39, 0.29) is 23.6 Å². The third kappa shape index (κ3) is 4.20. The minimum absolute atomic E-state index is 0.00704. The summed E-state index contributed by atoms with van der Waals surface area (Å²) in [6, 6.07) is 19.6. The standard InChI is InChI=1S/C36H35N7O3/c1-41-33-27(14-24(16-30(33)46-2)36(45)43-18-23-8-11-28(43)32(23)37)40-35(41)29-15-22-7-10-25(39-34(22)42(29)17-19-3-4-19)21-6-5-20-9-12-31(44)38-26(20)13-21/h5-7,9-10,12-16,19,23,28,32H,3-4,8,11,17-18,37H2,1-2H3,(H,38,44). The number of hydrogen-bond donors (Lipinski definition) is 2. The van der Waals surface area contributed by atoms with Crippen LogP contribution in [0.1, 0.15) is 36.0 Å². The fourth-order valence-electron chi connectivity index (χ4n) is 7.79. The number of aromatic nitrogens is 5. The first-order valence-corrected chi connectivity index (χ1v) is 16.1. The fourth-order valence-corrected chi connectivity index (χ4v) is 7.79. The third-order valence-corrected chi connectivity index (χ3v) is 10.4. The Balaban J connectivity index is 1.15. The van der Waals surface area contributed by atoms with E-state index in [1.54, 1.807) is 13.2 Å². The predicted octanol–water partition coefficient (Wildman–Crippen LogP) is 5.08. The van der Waals surface area contributed by atoms with E-state index in [1.165, 1.54) is 12.8 Å². The minimum Gasteiger partial charge on any atom is -0.494 e. The van der Waals surface area contributed by atoms with Crippen LogP contribution in [0.4, 0.5) is 0 Å². The molecule has 5 heterocycles. The van der Waals surface area contributed by atoms with Gasteiger partial charge in [0.05, 0.1) is 24.0 Å². The minimum atomic E-state index is -0.126. The van der Waals surface area contributed by atoms with Crippen molar-refractivity contribution in [3.8, 4) is 28.5 Å². The zero-order chi connectivity index (χ0) is 31.3. The first-order chi connectivity index (χ1) is 22.4. The molecule has 1 aliphatic heterocycles. The van der Waals surface area contributed by atoms with Gasteiger partial charge >= 0.3 is 0 Å². The van der Waals surface area contributed by atoms with Crippen LogP contribution >= 0.6 is 0 Å². The van der Waals surface area contributed by atoms with E-state index < -0.39 is 0 Å². The number of aryl methyl sites for hydroxylation is 1. The maximum absolute atomic E-state index is 13.7. The molecule has 0 spiro atoms. The molecule has 2 bridgehead atoms. The lowest BCUT2D eigenvalue weighted by Gasteiger charge is -2.27. The quantitative estimate of drug-likeness (QED) is 0.270. The summed E-state index contributed by atoms with van der Waals surface area (Å²) in [4.78, 5) is 40.9. The Kier molecular flexibility index (Phi) is 5.96. The fraction of sp³-hybridized carbons (Fsp3) is 0.333. The molecule has 3 aliphatic rings. The van der Waals surface area contributed by atoms with Crippen LogP contribution in [-0.2, 0) is 13.6 Å². The van der Waals surface area contributed by atoms with Gasteiger partial charge in [0.1, 0.15) is 16.9 Å². The number of aromatic amines is 1. The van der Waals surface area contributed by atoms with E-state index in [1.807, 2.05) is 54.4 Å². The van der Waals surface area contributed by atoms with E-state index in [4.69, 9.17) is 20.4 Å². The van der Waals surface area contributed by atoms with Crippen LogP contribution in [0, 0.1) is 11.8 Å². The molecule has 2 aliphatic carbocycles. The van der Waals surface area contributed by atoms with Gasteiger partial charge in [0, 0.05) is 60.3 Å². The van der Waals surface area contributed by atoms with Crippen molar-refractivity contribution < 1.29 is 9.53 Å². The summed E-state index contributed by atoms with van der Waals surface area (Å²) >= 11 is 0. The lowest BCUT2D eigenvalue weighted by Crippen LogP contribution is -2.41. The van der Waals surface area contributed by atoms with Crippen molar-refractivity contribution in [1.82, 2.24) is 29.0 Å². The Morgan fingerprint density at radius 2 is 1.83 bits per heavy atom. The van der Waals surface area contributed by atoms with Crippen LogP contribution < -0.4 is 16.0 Å². The Labute approximate surface area is 264 Å². The second-order valence-electron chi connectivity index (χ2n) is 13.3. The number of benzene rings is 2. The molecule has 3 fully saturated rings. The number of fused-ring (bicyclic) bond motifs is 5. The first-order valence-electron chi connectivity index (χ1n) is 16.1. The second kappa shape index (κ2) is 10.0. The van der Waals surface area contributed by atoms with Gasteiger partial charge in [0.2, 0.25) is 5.56 Å². The lowest BCUT2D eigenvalue weighted by atomic mass is 10.1. The predicted molar refractivity (Wildman–Crippen MR) is 178 cm³/mol. The Bertz CT molecular complexity index is 2280. The number of rotatable bonds is 6. The number of likely N-dealkylation sites (tertiary alicyclic amines) is 1. The maximum atomic E-state index is 13.7. The number of carbonyl (C=O) groups excluding carboxylic acids is 1. The van der Waals surface area contributed by atoms with Gasteiger partial charge in [-0.25, -0.2) is 9.97 Å². The van der Waals surface area contributed by atoms with Crippen molar-refractivity contribution in [3.05, 3.63) is 76.6 Å². The SMILES string of the molecule is COc1cc(C(=O)N2CC3CCC2C3N)cc2nc(-c3cc4ccc(-c5ccc6ccc(=O)[nH]c6c5)nc4n3CC3CC3)n(C)c12. The van der Waals surface area contributed by atoms with Gasteiger partial charge in [-0.3, -0.25) is 9.59 Å². The van der Waals surface area contributed by atoms with Crippen LogP contribution in [0.15, 0.2) is 65.5 Å². The zero-order valence-electron chi connectivity index (χ0n) is 25.9. The van der Waals surface area contributed by atoms with Crippen molar-refractivity contribution in [2.45, 2.75) is 44.3 Å². The Morgan fingerprint density at radius 3 is 2.59 bits per heavy atom. The summed E-state index contributed by atoms with van der Waals surface area (Å²) in [5.41, 5.74) is 12.9. The number of methoxy groups -OCH3 is 1. The van der Waals surface area contributed by atoms with Crippen molar-refractivity contribution in [2.24, 2.45) is 24.6 Å². The van der Waals surface area contributed by atoms with Gasteiger partial charge < -0.3 is 29.5 Å². The highest BCUT2D eigenvalue weighted by Gasteiger charge is 2.47. The third-order valence-electron chi connectivity index (χ3n) is 10.4. The van der Waals surface area contributed by atoms with Crippen LogP contribution in [0.25, 0.3) is 55.7 Å². The molecule has 6 aromatic rings. The molecule has 2 aromatic carbocycles. The highest BCUT2D eigenvalue weighted by molar-refractivity contribution is 6.00. The highest BCUT2D eigenvalue weighted by Crippen LogP contribution is 2.40. The van der Waals surface area contributed by atoms with E-state index in [0.29, 0.717) is 29.7 Å². The van der Waals surface area contributed by atoms with Crippen LogP contribution in [0.3, 0.4) is 0 Å². The summed E-state index contributed by atoms with van der Waals surface area (Å²) in [6.45, 7) is 1.56. The zero-order valence-corrected chi connectivity index (χ0v) is 25.9. The smallest absolute Gasteiger partial charge is 0.254 e. The number of nitrogens with two attached hydrogens (primary N) is 1. The molecule has 232 valence electrons. The van der Waals surface area contributed by atoms with Crippen molar-refractivity contribution in [1.29, 1.82) is 0 Å². The molecule has 10 heteroatoms. The number of pyridine rings is 2. The number of nitrogens with one attached hydrogen (secondary N) is 1. The number of imidazole rings is 1. The molecule has 46 heavy (non-hydrogen) atoms. The average molecular weight is 614 g/mol. The summed E-state index contributed by atoms with van der Waals surface area (Å²) in [6.07, 6.45) is 4.45. The molecule has 3 N–H and O–H groups in total. The van der Waals surface area contributed by atoms with E-state index in [9.17, 15) is 9.59 Å². The average Bonchev–Trinajstić information content (AvgIpc) is 3.47. The molecular weight excluding hydrogens is 578 g/mol. The normalized spacial score (nSPS) is 20.8. The number of carbonyl (C=O) groups is 1. The second-order valence-corrected chi connectivity index (χ2v) is 13.3. The summed E-state index contributed by atoms with van der Waals surface area (Å²) in [5.74, 6) is 2.39. The molecule has 10 nitrogen and oxygen atoms in total. The molecule has 9 rings (SSSR count). The number of nitrogens with zero attached hydrogens (tertiary/aromatic N) is 5. The first kappa shape index (κ1) is 27.4. The maximum Gasteiger partial charge on any atom is 0.254 e.